The summed E-state index contributed by atoms with van der Waals surface area (Å²) in [5, 5.41) is 0. The van der Waals surface area contributed by atoms with Crippen LogP contribution < -0.4 is 5.73 Å². The van der Waals surface area contributed by atoms with Crippen LogP contribution in [0.15, 0.2) is 18.2 Å². The second-order valence-corrected chi connectivity index (χ2v) is 3.66. The van der Waals surface area contributed by atoms with Gasteiger partial charge in [0.25, 0.3) is 0 Å². The predicted molar refractivity (Wildman–Crippen MR) is 51.0 cm³/mol. The molecule has 1 aliphatic carbocycles. The molecule has 0 aromatic heterocycles. The SMILES string of the molecule is Cc1ccc(C2CC2)cc1CN. The van der Waals surface area contributed by atoms with Crippen LogP contribution in [-0.2, 0) is 6.54 Å². The zero-order valence-electron chi connectivity index (χ0n) is 7.51. The van der Waals surface area contributed by atoms with Crippen molar-refractivity contribution in [3.63, 3.8) is 0 Å². The fourth-order valence-corrected chi connectivity index (χ4v) is 1.58. The number of hydrogen-bond donors (Lipinski definition) is 1. The van der Waals surface area contributed by atoms with Crippen LogP contribution in [0.25, 0.3) is 0 Å². The Morgan fingerprint density at radius 2 is 2.17 bits per heavy atom. The van der Waals surface area contributed by atoms with E-state index in [2.05, 4.69) is 25.1 Å². The van der Waals surface area contributed by atoms with Gasteiger partial charge in [0.05, 0.1) is 0 Å². The smallest absolute Gasteiger partial charge is 0.0180 e. The zero-order valence-corrected chi connectivity index (χ0v) is 7.51. The maximum Gasteiger partial charge on any atom is 0.0180 e. The molecule has 64 valence electrons. The summed E-state index contributed by atoms with van der Waals surface area (Å²) in [6, 6.07) is 6.70. The Morgan fingerprint density at radius 3 is 2.75 bits per heavy atom. The highest BCUT2D eigenvalue weighted by Gasteiger charge is 2.23. The van der Waals surface area contributed by atoms with E-state index in [9.17, 15) is 0 Å². The normalized spacial score (nSPS) is 16.5. The molecule has 12 heavy (non-hydrogen) atoms. The summed E-state index contributed by atoms with van der Waals surface area (Å²) in [5.41, 5.74) is 9.75. The first-order valence-corrected chi connectivity index (χ1v) is 4.61. The van der Waals surface area contributed by atoms with Gasteiger partial charge in [-0.1, -0.05) is 18.2 Å². The Bertz CT molecular complexity index is 287. The molecule has 0 bridgehead atoms. The number of benzene rings is 1. The van der Waals surface area contributed by atoms with Crippen molar-refractivity contribution in [2.45, 2.75) is 32.2 Å². The molecule has 2 rings (SSSR count). The minimum absolute atomic E-state index is 0.673. The monoisotopic (exact) mass is 161 g/mol. The lowest BCUT2D eigenvalue weighted by atomic mass is 10.0. The second kappa shape index (κ2) is 2.91. The van der Waals surface area contributed by atoms with E-state index < -0.39 is 0 Å². The van der Waals surface area contributed by atoms with Gasteiger partial charge in [-0.25, -0.2) is 0 Å². The van der Waals surface area contributed by atoms with Crippen molar-refractivity contribution < 1.29 is 0 Å². The molecule has 1 aliphatic rings. The van der Waals surface area contributed by atoms with Crippen molar-refractivity contribution in [1.29, 1.82) is 0 Å². The molecule has 0 amide bonds. The van der Waals surface area contributed by atoms with Crippen LogP contribution in [0.3, 0.4) is 0 Å². The average Bonchev–Trinajstić information content (AvgIpc) is 2.88. The van der Waals surface area contributed by atoms with Gasteiger partial charge in [0.15, 0.2) is 0 Å². The summed E-state index contributed by atoms with van der Waals surface area (Å²) in [6.07, 6.45) is 2.74. The number of nitrogens with two attached hydrogens (primary N) is 1. The largest absolute Gasteiger partial charge is 0.326 e. The minimum atomic E-state index is 0.673. The van der Waals surface area contributed by atoms with Gasteiger partial charge in [-0.2, -0.15) is 0 Å². The van der Waals surface area contributed by atoms with Crippen LogP contribution in [-0.4, -0.2) is 0 Å². The molecule has 1 aromatic rings. The molecule has 0 unspecified atom stereocenters. The van der Waals surface area contributed by atoms with Crippen molar-refractivity contribution in [2.24, 2.45) is 5.73 Å². The van der Waals surface area contributed by atoms with E-state index in [-0.39, 0.29) is 0 Å². The molecular formula is C11H15N. The molecule has 1 saturated carbocycles. The molecule has 0 heterocycles. The highest BCUT2D eigenvalue weighted by Crippen LogP contribution is 2.40. The molecular weight excluding hydrogens is 146 g/mol. The van der Waals surface area contributed by atoms with Crippen molar-refractivity contribution in [2.75, 3.05) is 0 Å². The topological polar surface area (TPSA) is 26.0 Å². The quantitative estimate of drug-likeness (QED) is 0.707. The summed E-state index contributed by atoms with van der Waals surface area (Å²) in [4.78, 5) is 0. The summed E-state index contributed by atoms with van der Waals surface area (Å²) >= 11 is 0. The summed E-state index contributed by atoms with van der Waals surface area (Å²) in [7, 11) is 0. The van der Waals surface area contributed by atoms with E-state index in [0.29, 0.717) is 6.54 Å². The predicted octanol–water partition coefficient (Wildman–Crippen LogP) is 2.33. The second-order valence-electron chi connectivity index (χ2n) is 3.66. The zero-order chi connectivity index (χ0) is 8.55. The summed E-state index contributed by atoms with van der Waals surface area (Å²) in [6.45, 7) is 2.80. The van der Waals surface area contributed by atoms with E-state index in [0.717, 1.165) is 5.92 Å². The molecule has 0 spiro atoms. The third kappa shape index (κ3) is 1.37. The molecule has 1 nitrogen and oxygen atoms in total. The molecule has 0 radical (unpaired) electrons. The lowest BCUT2D eigenvalue weighted by Gasteiger charge is -2.05. The third-order valence-electron chi connectivity index (χ3n) is 2.64. The van der Waals surface area contributed by atoms with E-state index in [1.165, 1.54) is 29.5 Å². The van der Waals surface area contributed by atoms with E-state index in [1.807, 2.05) is 0 Å². The van der Waals surface area contributed by atoms with Crippen LogP contribution in [0.4, 0.5) is 0 Å². The van der Waals surface area contributed by atoms with Gasteiger partial charge >= 0.3 is 0 Å². The number of hydrogen-bond acceptors (Lipinski definition) is 1. The fourth-order valence-electron chi connectivity index (χ4n) is 1.58. The van der Waals surface area contributed by atoms with Crippen LogP contribution in [0, 0.1) is 6.92 Å². The highest BCUT2D eigenvalue weighted by atomic mass is 14.5. The lowest BCUT2D eigenvalue weighted by Crippen LogP contribution is -1.99. The van der Waals surface area contributed by atoms with Gasteiger partial charge in [-0.3, -0.25) is 0 Å². The Hall–Kier alpha value is -0.820. The first-order chi connectivity index (χ1) is 5.81. The molecule has 0 aliphatic heterocycles. The van der Waals surface area contributed by atoms with Crippen LogP contribution in [0.2, 0.25) is 0 Å². The van der Waals surface area contributed by atoms with Crippen LogP contribution in [0.5, 0.6) is 0 Å². The van der Waals surface area contributed by atoms with E-state index >= 15 is 0 Å². The Morgan fingerprint density at radius 1 is 1.42 bits per heavy atom. The van der Waals surface area contributed by atoms with Crippen LogP contribution >= 0.6 is 0 Å². The molecule has 1 fully saturated rings. The first kappa shape index (κ1) is 7.81. The molecule has 0 atom stereocenters. The van der Waals surface area contributed by atoms with Crippen molar-refractivity contribution in [1.82, 2.24) is 0 Å². The fraction of sp³-hybridized carbons (Fsp3) is 0.455. The maximum atomic E-state index is 5.64. The van der Waals surface area contributed by atoms with Gasteiger partial charge in [0, 0.05) is 6.54 Å². The number of rotatable bonds is 2. The van der Waals surface area contributed by atoms with Gasteiger partial charge in [0.1, 0.15) is 0 Å². The maximum absolute atomic E-state index is 5.64. The van der Waals surface area contributed by atoms with Crippen molar-refractivity contribution in [3.8, 4) is 0 Å². The molecule has 1 aromatic carbocycles. The Kier molecular flexibility index (Phi) is 1.89. The summed E-state index contributed by atoms with van der Waals surface area (Å²) < 4.78 is 0. The van der Waals surface area contributed by atoms with Gasteiger partial charge in [0.2, 0.25) is 0 Å². The van der Waals surface area contributed by atoms with Gasteiger partial charge in [-0.05, 0) is 42.4 Å². The van der Waals surface area contributed by atoms with Crippen molar-refractivity contribution >= 4 is 0 Å². The Balaban J connectivity index is 2.33. The highest BCUT2D eigenvalue weighted by molar-refractivity contribution is 5.34. The third-order valence-corrected chi connectivity index (χ3v) is 2.64. The standard InChI is InChI=1S/C11H15N/c1-8-2-3-10(9-4-5-9)6-11(8)7-12/h2-3,6,9H,4-5,7,12H2,1H3. The minimum Gasteiger partial charge on any atom is -0.326 e. The average molecular weight is 161 g/mol. The lowest BCUT2D eigenvalue weighted by molar-refractivity contribution is 1.02. The molecule has 2 N–H and O–H groups in total. The molecule has 1 heteroatoms. The van der Waals surface area contributed by atoms with Gasteiger partial charge in [-0.15, -0.1) is 0 Å². The molecule has 0 saturated heterocycles. The van der Waals surface area contributed by atoms with E-state index in [4.69, 9.17) is 5.73 Å². The van der Waals surface area contributed by atoms with Gasteiger partial charge < -0.3 is 5.73 Å². The van der Waals surface area contributed by atoms with E-state index in [1.54, 1.807) is 0 Å². The van der Waals surface area contributed by atoms with Crippen molar-refractivity contribution in [3.05, 3.63) is 34.9 Å². The number of aryl methyl sites for hydroxylation is 1. The first-order valence-electron chi connectivity index (χ1n) is 4.61. The Labute approximate surface area is 73.6 Å². The van der Waals surface area contributed by atoms with Crippen LogP contribution in [0.1, 0.15) is 35.4 Å². The summed E-state index contributed by atoms with van der Waals surface area (Å²) in [5.74, 6) is 0.843.